The second kappa shape index (κ2) is 15.4. The minimum atomic E-state index is -5.08. The minimum Gasteiger partial charge on any atom is -0.475 e. The number of halogens is 6. The number of aromatic nitrogens is 3. The average Bonchev–Trinajstić information content (AvgIpc) is 3.62. The van der Waals surface area contributed by atoms with Gasteiger partial charge in [0.05, 0.1) is 5.41 Å². The van der Waals surface area contributed by atoms with E-state index in [2.05, 4.69) is 80.9 Å². The van der Waals surface area contributed by atoms with E-state index in [1.165, 1.54) is 16.8 Å². The Labute approximate surface area is 266 Å². The second-order valence-electron chi connectivity index (χ2n) is 11.4. The Morgan fingerprint density at radius 1 is 0.894 bits per heavy atom. The molecule has 2 fully saturated rings. The molecule has 0 bridgehead atoms. The van der Waals surface area contributed by atoms with Crippen LogP contribution in [0, 0.1) is 5.41 Å². The van der Waals surface area contributed by atoms with Gasteiger partial charge in [-0.3, -0.25) is 19.4 Å². The average molecular weight is 672 g/mol. The predicted molar refractivity (Wildman–Crippen MR) is 156 cm³/mol. The van der Waals surface area contributed by atoms with E-state index in [0.717, 1.165) is 39.0 Å². The summed E-state index contributed by atoms with van der Waals surface area (Å²) >= 11 is 0. The molecule has 2 aliphatic rings. The van der Waals surface area contributed by atoms with Crippen LogP contribution >= 0.6 is 0 Å². The van der Waals surface area contributed by atoms with Crippen molar-refractivity contribution in [1.29, 1.82) is 0 Å². The highest BCUT2D eigenvalue weighted by Crippen LogP contribution is 2.50. The predicted octanol–water partition coefficient (Wildman–Crippen LogP) is 5.53. The fraction of sp³-hybridized carbons (Fsp3) is 0.452. The van der Waals surface area contributed by atoms with Crippen LogP contribution in [-0.4, -0.2) is 84.6 Å². The van der Waals surface area contributed by atoms with Crippen LogP contribution in [0.4, 0.5) is 26.3 Å². The van der Waals surface area contributed by atoms with E-state index in [1.54, 1.807) is 0 Å². The molecule has 10 nitrogen and oxygen atoms in total. The van der Waals surface area contributed by atoms with Crippen LogP contribution in [0.1, 0.15) is 55.5 Å². The van der Waals surface area contributed by atoms with Crippen molar-refractivity contribution in [3.05, 3.63) is 83.9 Å². The number of hydrogen-bond donors (Lipinski definition) is 2. The summed E-state index contributed by atoms with van der Waals surface area (Å²) in [6.07, 6.45) is -2.62. The number of rotatable bonds is 6. The van der Waals surface area contributed by atoms with Gasteiger partial charge >= 0.3 is 24.3 Å². The van der Waals surface area contributed by atoms with Crippen LogP contribution in [0.15, 0.2) is 67.1 Å². The lowest BCUT2D eigenvalue weighted by molar-refractivity contribution is -0.193. The van der Waals surface area contributed by atoms with E-state index in [9.17, 15) is 31.1 Å². The first kappa shape index (κ1) is 37.0. The number of alkyl halides is 6. The zero-order valence-corrected chi connectivity index (χ0v) is 25.6. The third-order valence-corrected chi connectivity index (χ3v) is 7.78. The molecule has 1 aromatic carbocycles. The van der Waals surface area contributed by atoms with Gasteiger partial charge < -0.3 is 15.1 Å². The van der Waals surface area contributed by atoms with Crippen molar-refractivity contribution in [2.75, 3.05) is 19.6 Å². The number of aliphatic carboxylic acids is 2. The van der Waals surface area contributed by atoms with E-state index < -0.39 is 29.7 Å². The fourth-order valence-corrected chi connectivity index (χ4v) is 5.82. The summed E-state index contributed by atoms with van der Waals surface area (Å²) in [5.74, 6) is -5.08. The van der Waals surface area contributed by atoms with Gasteiger partial charge in [-0.05, 0) is 56.0 Å². The first-order valence-corrected chi connectivity index (χ1v) is 14.5. The number of carboxylic acid groups (broad SMARTS) is 2. The monoisotopic (exact) mass is 671 g/mol. The molecule has 5 rings (SSSR count). The number of benzene rings is 1. The molecule has 256 valence electrons. The third kappa shape index (κ3) is 9.76. The van der Waals surface area contributed by atoms with Gasteiger partial charge in [0, 0.05) is 69.0 Å². The molecule has 2 aliphatic heterocycles. The number of nitrogens with zero attached hydrogens (tertiary/aromatic N) is 5. The smallest absolute Gasteiger partial charge is 0.475 e. The third-order valence-electron chi connectivity index (χ3n) is 7.78. The zero-order chi connectivity index (χ0) is 35.0. The van der Waals surface area contributed by atoms with Crippen molar-refractivity contribution in [1.82, 2.24) is 24.6 Å². The summed E-state index contributed by atoms with van der Waals surface area (Å²) in [5.41, 5.74) is 3.21. The summed E-state index contributed by atoms with van der Waals surface area (Å²) < 4.78 is 65.6. The first-order chi connectivity index (χ1) is 22.0. The number of hydrogen-bond acceptors (Lipinski definition) is 6. The van der Waals surface area contributed by atoms with Gasteiger partial charge in [0.15, 0.2) is 0 Å². The lowest BCUT2D eigenvalue weighted by atomic mass is 9.70. The van der Waals surface area contributed by atoms with Crippen LogP contribution < -0.4 is 0 Å². The molecular weight excluding hydrogens is 636 g/mol. The molecule has 0 aliphatic carbocycles. The van der Waals surface area contributed by atoms with Crippen LogP contribution in [0.25, 0.3) is 0 Å². The molecule has 0 radical (unpaired) electrons. The molecule has 2 aromatic heterocycles. The first-order valence-electron chi connectivity index (χ1n) is 14.5. The van der Waals surface area contributed by atoms with E-state index >= 15 is 0 Å². The Balaban J connectivity index is 0.000000360. The molecule has 4 heterocycles. The molecule has 3 aromatic rings. The Hall–Kier alpha value is -4.47. The summed E-state index contributed by atoms with van der Waals surface area (Å²) in [7, 11) is 0. The maximum atomic E-state index is 14.2. The van der Waals surface area contributed by atoms with E-state index in [0.29, 0.717) is 12.5 Å². The van der Waals surface area contributed by atoms with Crippen LogP contribution in [-0.2, 0) is 27.5 Å². The molecule has 0 unspecified atom stereocenters. The van der Waals surface area contributed by atoms with E-state index in [-0.39, 0.29) is 12.0 Å². The highest BCUT2D eigenvalue weighted by molar-refractivity contribution is 5.85. The molecule has 1 spiro atoms. The number of carbonyl (C=O) groups excluding carboxylic acids is 1. The maximum absolute atomic E-state index is 14.2. The Morgan fingerprint density at radius 3 is 1.98 bits per heavy atom. The van der Waals surface area contributed by atoms with Gasteiger partial charge in [-0.2, -0.15) is 31.4 Å². The van der Waals surface area contributed by atoms with Crippen LogP contribution in [0.5, 0.6) is 0 Å². The highest BCUT2D eigenvalue weighted by Gasteiger charge is 2.56. The Bertz CT molecular complexity index is 1460. The van der Waals surface area contributed by atoms with Gasteiger partial charge in [-0.25, -0.2) is 9.59 Å². The lowest BCUT2D eigenvalue weighted by Gasteiger charge is -2.43. The Morgan fingerprint density at radius 2 is 1.45 bits per heavy atom. The standard InChI is InChI=1S/C27H33N5O.2C2HF3O2/c1-21(2)32-25(11-15-29-32)24-19-30(17-23-9-13-28-14-10-23)20-27(24)12-6-16-31(26(27)33)18-22-7-4-3-5-8-22;2*3-2(4,5)1(6)7/h3-5,7-11,13-15,21,24H,6,12,16-20H2,1-2H3;2*(H,6,7)/t24-,27+;;/m0../s1. The summed E-state index contributed by atoms with van der Waals surface area (Å²) in [6.45, 7) is 8.33. The Kier molecular flexibility index (Phi) is 12.1. The van der Waals surface area contributed by atoms with E-state index in [1.807, 2.05) is 24.7 Å². The molecule has 1 amide bonds. The highest BCUT2D eigenvalue weighted by atomic mass is 19.4. The van der Waals surface area contributed by atoms with Crippen LogP contribution in [0.3, 0.4) is 0 Å². The topological polar surface area (TPSA) is 129 Å². The molecule has 0 saturated carbocycles. The molecule has 16 heteroatoms. The number of likely N-dealkylation sites (tertiary alicyclic amines) is 2. The van der Waals surface area contributed by atoms with Crippen molar-refractivity contribution in [3.63, 3.8) is 0 Å². The quantitative estimate of drug-likeness (QED) is 0.328. The minimum absolute atomic E-state index is 0.135. The zero-order valence-electron chi connectivity index (χ0n) is 25.6. The van der Waals surface area contributed by atoms with E-state index in [4.69, 9.17) is 19.8 Å². The number of amides is 1. The number of pyridine rings is 1. The second-order valence-corrected chi connectivity index (χ2v) is 11.4. The van der Waals surface area contributed by atoms with Crippen molar-refractivity contribution >= 4 is 17.8 Å². The van der Waals surface area contributed by atoms with Gasteiger partial charge in [0.2, 0.25) is 5.91 Å². The van der Waals surface area contributed by atoms with Gasteiger partial charge in [-0.1, -0.05) is 30.3 Å². The molecule has 2 saturated heterocycles. The number of carboxylic acids is 2. The summed E-state index contributed by atoms with van der Waals surface area (Å²) in [4.78, 5) is 40.7. The van der Waals surface area contributed by atoms with Gasteiger partial charge in [-0.15, -0.1) is 0 Å². The van der Waals surface area contributed by atoms with Crippen molar-refractivity contribution in [3.8, 4) is 0 Å². The number of carbonyl (C=O) groups is 3. The summed E-state index contributed by atoms with van der Waals surface area (Å²) in [5, 5.41) is 18.9. The van der Waals surface area contributed by atoms with Gasteiger partial charge in [0.1, 0.15) is 0 Å². The van der Waals surface area contributed by atoms with Gasteiger partial charge in [0.25, 0.3) is 0 Å². The number of piperidine rings is 1. The SMILES string of the molecule is CC(C)n1nccc1[C@@H]1CN(Cc2ccncc2)C[C@]12CCCN(Cc1ccccc1)C2=O.O=C(O)C(F)(F)F.O=C(O)C(F)(F)F. The molecule has 2 N–H and O–H groups in total. The summed E-state index contributed by atoms with van der Waals surface area (Å²) in [6, 6.07) is 16.9. The normalized spacial score (nSPS) is 20.0. The lowest BCUT2D eigenvalue weighted by Crippen LogP contribution is -2.52. The molecule has 2 atom stereocenters. The fourth-order valence-electron chi connectivity index (χ4n) is 5.82. The maximum Gasteiger partial charge on any atom is 0.490 e. The van der Waals surface area contributed by atoms with Crippen LogP contribution in [0.2, 0.25) is 0 Å². The van der Waals surface area contributed by atoms with Crippen molar-refractivity contribution in [2.24, 2.45) is 5.41 Å². The molecule has 47 heavy (non-hydrogen) atoms. The van der Waals surface area contributed by atoms with Crippen molar-refractivity contribution in [2.45, 2.75) is 64.1 Å². The molecular formula is C31H35F6N5O5. The largest absolute Gasteiger partial charge is 0.490 e. The van der Waals surface area contributed by atoms with Crippen molar-refractivity contribution < 1.29 is 50.9 Å².